The van der Waals surface area contributed by atoms with Gasteiger partial charge in [-0.05, 0) is 26.3 Å². The summed E-state index contributed by atoms with van der Waals surface area (Å²) in [7, 11) is 0. The first-order valence-corrected chi connectivity index (χ1v) is 12.5. The number of benzene rings is 1. The molecule has 0 bridgehead atoms. The average molecular weight is 492 g/mol. The quantitative estimate of drug-likeness (QED) is 0.340. The predicted molar refractivity (Wildman–Crippen MR) is 126 cm³/mol. The molecule has 1 saturated heterocycles. The van der Waals surface area contributed by atoms with Crippen molar-refractivity contribution in [1.82, 2.24) is 10.2 Å². The highest BCUT2D eigenvalue weighted by Gasteiger charge is 2.52. The third kappa shape index (κ3) is 7.07. The van der Waals surface area contributed by atoms with E-state index < -0.39 is 29.3 Å². The van der Waals surface area contributed by atoms with Crippen LogP contribution in [0.5, 0.6) is 0 Å². The molecule has 0 aliphatic carbocycles. The Hall–Kier alpha value is -2.85. The summed E-state index contributed by atoms with van der Waals surface area (Å²) in [6, 6.07) is 8.30. The van der Waals surface area contributed by atoms with E-state index in [1.165, 1.54) is 38.3 Å². The number of quaternary nitrogens is 1. The molecule has 34 heavy (non-hydrogen) atoms. The number of thioether (sulfide) groups is 1. The monoisotopic (exact) mass is 491 g/mol. The molecule has 0 radical (unpaired) electrons. The molecule has 10 heteroatoms. The summed E-state index contributed by atoms with van der Waals surface area (Å²) in [6.07, 6.45) is 0.128. The van der Waals surface area contributed by atoms with Crippen LogP contribution in [0.1, 0.15) is 33.3 Å². The van der Waals surface area contributed by atoms with Gasteiger partial charge in [-0.25, -0.2) is 0 Å². The van der Waals surface area contributed by atoms with E-state index in [0.717, 1.165) is 10.5 Å². The molecular formula is C24H33N3O6S. The molecule has 9 nitrogen and oxygen atoms in total. The normalized spacial score (nSPS) is 19.0. The van der Waals surface area contributed by atoms with Gasteiger partial charge >= 0.3 is 5.97 Å². The molecule has 1 fully saturated rings. The van der Waals surface area contributed by atoms with Crippen molar-refractivity contribution in [3.8, 4) is 0 Å². The fourth-order valence-electron chi connectivity index (χ4n) is 3.73. The topological polar surface area (TPSA) is 120 Å². The SMILES string of the molecule is CC(=O)OCC1=C(C(=O)[O-])N2C(=O)[C@@H](NC(=O)Cc3ccccc3)[C@H]2SC1.CC[NH+](CC)CC. The summed E-state index contributed by atoms with van der Waals surface area (Å²) in [4.78, 5) is 49.9. The van der Waals surface area contributed by atoms with Crippen molar-refractivity contribution in [2.45, 2.75) is 45.5 Å². The van der Waals surface area contributed by atoms with Gasteiger partial charge in [0.1, 0.15) is 18.0 Å². The number of amides is 2. The predicted octanol–water partition coefficient (Wildman–Crippen LogP) is -0.873. The highest BCUT2D eigenvalue weighted by Crippen LogP contribution is 2.40. The van der Waals surface area contributed by atoms with Gasteiger partial charge < -0.3 is 24.9 Å². The number of carboxylic acids is 1. The molecule has 0 saturated carbocycles. The number of carbonyl (C=O) groups is 4. The number of esters is 1. The van der Waals surface area contributed by atoms with Gasteiger partial charge in [0.15, 0.2) is 0 Å². The number of carbonyl (C=O) groups excluding carboxylic acids is 4. The Kier molecular flexibility index (Phi) is 10.6. The maximum Gasteiger partial charge on any atom is 0.302 e. The molecule has 0 spiro atoms. The van der Waals surface area contributed by atoms with Crippen LogP contribution in [0.2, 0.25) is 0 Å². The number of β-lactam (4-membered cyclic amide) rings is 1. The van der Waals surface area contributed by atoms with Crippen LogP contribution < -0.4 is 15.3 Å². The lowest BCUT2D eigenvalue weighted by Crippen LogP contribution is -3.11. The maximum atomic E-state index is 12.4. The number of fused-ring (bicyclic) bond motifs is 1. The van der Waals surface area contributed by atoms with Crippen molar-refractivity contribution in [3.05, 3.63) is 47.2 Å². The number of nitrogens with one attached hydrogen (secondary N) is 2. The van der Waals surface area contributed by atoms with Crippen LogP contribution in [0.15, 0.2) is 41.6 Å². The second-order valence-electron chi connectivity index (χ2n) is 7.95. The second-order valence-corrected chi connectivity index (χ2v) is 9.05. The number of nitrogens with zero attached hydrogens (tertiary/aromatic N) is 1. The largest absolute Gasteiger partial charge is 0.543 e. The number of aliphatic carboxylic acids is 1. The van der Waals surface area contributed by atoms with Crippen molar-refractivity contribution in [2.24, 2.45) is 0 Å². The van der Waals surface area contributed by atoms with E-state index >= 15 is 0 Å². The summed E-state index contributed by atoms with van der Waals surface area (Å²) in [6.45, 7) is 11.5. The number of ether oxygens (including phenoxy) is 1. The zero-order valence-electron chi connectivity index (χ0n) is 20.1. The van der Waals surface area contributed by atoms with E-state index in [-0.39, 0.29) is 30.4 Å². The molecule has 2 amide bonds. The van der Waals surface area contributed by atoms with E-state index in [1.807, 2.05) is 30.3 Å². The lowest BCUT2D eigenvalue weighted by atomic mass is 10.0. The van der Waals surface area contributed by atoms with Crippen molar-refractivity contribution in [1.29, 1.82) is 0 Å². The molecule has 1 aromatic carbocycles. The average Bonchev–Trinajstić information content (AvgIpc) is 2.82. The van der Waals surface area contributed by atoms with Gasteiger partial charge in [-0.15, -0.1) is 11.8 Å². The van der Waals surface area contributed by atoms with Crippen LogP contribution in [-0.2, 0) is 30.3 Å². The Morgan fingerprint density at radius 2 is 1.76 bits per heavy atom. The van der Waals surface area contributed by atoms with Crippen molar-refractivity contribution >= 4 is 35.5 Å². The molecule has 0 aromatic heterocycles. The van der Waals surface area contributed by atoms with Gasteiger partial charge in [0.25, 0.3) is 5.91 Å². The Bertz CT molecular complexity index is 911. The summed E-state index contributed by atoms with van der Waals surface area (Å²) in [5.74, 6) is -2.63. The zero-order chi connectivity index (χ0) is 25.3. The Labute approximate surface area is 204 Å². The van der Waals surface area contributed by atoms with E-state index in [2.05, 4.69) is 26.1 Å². The smallest absolute Gasteiger partial charge is 0.302 e. The number of hydrogen-bond acceptors (Lipinski definition) is 7. The summed E-state index contributed by atoms with van der Waals surface area (Å²) < 4.78 is 4.85. The lowest BCUT2D eigenvalue weighted by Gasteiger charge is -2.50. The Morgan fingerprint density at radius 3 is 2.26 bits per heavy atom. The number of carboxylic acid groups (broad SMARTS) is 1. The second kappa shape index (κ2) is 13.1. The van der Waals surface area contributed by atoms with Gasteiger partial charge in [-0.3, -0.25) is 19.3 Å². The standard InChI is InChI=1S/C18H18N2O6S.C6H15N/c1-10(21)26-8-12-9-27-17-14(16(23)20(17)15(12)18(24)25)19-13(22)7-11-5-3-2-4-6-11;1-4-7(5-2)6-3/h2-6,14,17H,7-9H2,1H3,(H,19,22)(H,24,25);4-6H2,1-3H3/t14-,17-;/m1./s1. The van der Waals surface area contributed by atoms with Crippen LogP contribution >= 0.6 is 11.8 Å². The van der Waals surface area contributed by atoms with Crippen LogP contribution in [0, 0.1) is 0 Å². The van der Waals surface area contributed by atoms with E-state index in [0.29, 0.717) is 5.57 Å². The fourth-order valence-corrected chi connectivity index (χ4v) is 5.05. The molecule has 2 atom stereocenters. The van der Waals surface area contributed by atoms with Crippen molar-refractivity contribution < 1.29 is 33.9 Å². The van der Waals surface area contributed by atoms with Crippen molar-refractivity contribution in [3.63, 3.8) is 0 Å². The third-order valence-corrected chi connectivity index (χ3v) is 7.05. The molecular weight excluding hydrogens is 458 g/mol. The molecule has 2 aliphatic rings. The van der Waals surface area contributed by atoms with Crippen LogP contribution in [0.4, 0.5) is 0 Å². The highest BCUT2D eigenvalue weighted by atomic mass is 32.2. The first-order chi connectivity index (χ1) is 16.2. The maximum absolute atomic E-state index is 12.4. The highest BCUT2D eigenvalue weighted by molar-refractivity contribution is 8.00. The minimum atomic E-state index is -1.51. The van der Waals surface area contributed by atoms with Gasteiger partial charge in [0.2, 0.25) is 5.91 Å². The first kappa shape index (κ1) is 27.4. The first-order valence-electron chi connectivity index (χ1n) is 11.4. The molecule has 2 heterocycles. The Balaban J connectivity index is 0.000000509. The summed E-state index contributed by atoms with van der Waals surface area (Å²) in [5.41, 5.74) is 0.835. The van der Waals surface area contributed by atoms with E-state index in [1.54, 1.807) is 4.90 Å². The van der Waals surface area contributed by atoms with Gasteiger partial charge in [0, 0.05) is 18.2 Å². The van der Waals surface area contributed by atoms with Gasteiger partial charge in [-0.2, -0.15) is 0 Å². The fraction of sp³-hybridized carbons (Fsp3) is 0.500. The molecule has 186 valence electrons. The summed E-state index contributed by atoms with van der Waals surface area (Å²) >= 11 is 1.30. The molecule has 2 N–H and O–H groups in total. The van der Waals surface area contributed by atoms with Crippen LogP contribution in [0.25, 0.3) is 0 Å². The van der Waals surface area contributed by atoms with Crippen LogP contribution in [-0.4, -0.2) is 72.1 Å². The van der Waals surface area contributed by atoms with Crippen molar-refractivity contribution in [2.75, 3.05) is 32.0 Å². The number of hydrogen-bond donors (Lipinski definition) is 2. The lowest BCUT2D eigenvalue weighted by molar-refractivity contribution is -0.894. The molecule has 1 aromatic rings. The zero-order valence-corrected chi connectivity index (χ0v) is 20.9. The molecule has 0 unspecified atom stereocenters. The van der Waals surface area contributed by atoms with E-state index in [4.69, 9.17) is 4.74 Å². The number of rotatable bonds is 9. The third-order valence-electron chi connectivity index (χ3n) is 5.71. The summed E-state index contributed by atoms with van der Waals surface area (Å²) in [5, 5.41) is 13.7. The van der Waals surface area contributed by atoms with Gasteiger partial charge in [0.05, 0.1) is 37.7 Å². The molecule has 2 aliphatic heterocycles. The minimum Gasteiger partial charge on any atom is -0.543 e. The van der Waals surface area contributed by atoms with Crippen LogP contribution in [0.3, 0.4) is 0 Å². The Morgan fingerprint density at radius 1 is 1.15 bits per heavy atom. The molecule has 3 rings (SSSR count). The minimum absolute atomic E-state index is 0.128. The van der Waals surface area contributed by atoms with E-state index in [9.17, 15) is 24.3 Å². The van der Waals surface area contributed by atoms with Gasteiger partial charge in [-0.1, -0.05) is 30.3 Å².